The molecule has 15 heavy (non-hydrogen) atoms. The van der Waals surface area contributed by atoms with Crippen LogP contribution in [0.3, 0.4) is 0 Å². The van der Waals surface area contributed by atoms with Crippen LogP contribution < -0.4 is 5.32 Å². The Hall–Kier alpha value is -0.340. The van der Waals surface area contributed by atoms with Crippen molar-refractivity contribution < 1.29 is 5.11 Å². The lowest BCUT2D eigenvalue weighted by Gasteiger charge is -2.43. The molecule has 0 bridgehead atoms. The molecule has 2 fully saturated rings. The molecule has 5 atom stereocenters. The van der Waals surface area contributed by atoms with Crippen molar-refractivity contribution in [1.82, 2.24) is 5.32 Å². The first-order valence-corrected chi connectivity index (χ1v) is 6.43. The van der Waals surface area contributed by atoms with E-state index in [1.807, 2.05) is 0 Å². The van der Waals surface area contributed by atoms with Gasteiger partial charge in [-0.3, -0.25) is 0 Å². The van der Waals surface area contributed by atoms with Crippen LogP contribution in [0.2, 0.25) is 0 Å². The van der Waals surface area contributed by atoms with Gasteiger partial charge in [-0.1, -0.05) is 12.2 Å². The summed E-state index contributed by atoms with van der Waals surface area (Å²) in [6.45, 7) is 0. The van der Waals surface area contributed by atoms with Crippen molar-refractivity contribution in [2.24, 2.45) is 11.8 Å². The van der Waals surface area contributed by atoms with E-state index in [2.05, 4.69) is 17.5 Å². The van der Waals surface area contributed by atoms with Gasteiger partial charge in [0.2, 0.25) is 0 Å². The summed E-state index contributed by atoms with van der Waals surface area (Å²) in [6.07, 6.45) is 11.8. The van der Waals surface area contributed by atoms with Crippen molar-refractivity contribution >= 4 is 0 Å². The number of fused-ring (bicyclic) bond motifs is 1. The Balaban J connectivity index is 1.51. The summed E-state index contributed by atoms with van der Waals surface area (Å²) in [7, 11) is 0. The number of aliphatic hydroxyl groups is 1. The van der Waals surface area contributed by atoms with Gasteiger partial charge >= 0.3 is 0 Å². The maximum Gasteiger partial charge on any atom is 0.0555 e. The quantitative estimate of drug-likeness (QED) is 0.677. The van der Waals surface area contributed by atoms with Gasteiger partial charge in [-0.2, -0.15) is 0 Å². The third-order valence-electron chi connectivity index (χ3n) is 4.46. The van der Waals surface area contributed by atoms with Gasteiger partial charge in [-0.25, -0.2) is 0 Å². The first kappa shape index (κ1) is 9.86. The summed E-state index contributed by atoms with van der Waals surface area (Å²) in [5.41, 5.74) is 0. The van der Waals surface area contributed by atoms with E-state index in [0.29, 0.717) is 12.1 Å². The molecule has 84 valence electrons. The van der Waals surface area contributed by atoms with Crippen molar-refractivity contribution in [2.45, 2.75) is 56.7 Å². The molecule has 2 nitrogen and oxygen atoms in total. The van der Waals surface area contributed by atoms with Crippen molar-refractivity contribution in [3.05, 3.63) is 12.2 Å². The second-order valence-electron chi connectivity index (χ2n) is 5.53. The van der Waals surface area contributed by atoms with E-state index < -0.39 is 0 Å². The average Bonchev–Trinajstić information content (AvgIpc) is 2.56. The SMILES string of the molecule is OC1CCCC(NC2CC3CC=CC32)C1. The molecule has 0 heterocycles. The van der Waals surface area contributed by atoms with Crippen molar-refractivity contribution in [2.75, 3.05) is 0 Å². The zero-order chi connectivity index (χ0) is 10.3. The highest BCUT2D eigenvalue weighted by atomic mass is 16.3. The van der Waals surface area contributed by atoms with Gasteiger partial charge in [0, 0.05) is 12.1 Å². The fourth-order valence-corrected chi connectivity index (χ4v) is 3.53. The van der Waals surface area contributed by atoms with E-state index in [1.165, 1.54) is 25.7 Å². The van der Waals surface area contributed by atoms with Crippen LogP contribution in [-0.4, -0.2) is 23.3 Å². The third kappa shape index (κ3) is 1.85. The van der Waals surface area contributed by atoms with Crippen LogP contribution >= 0.6 is 0 Å². The summed E-state index contributed by atoms with van der Waals surface area (Å²) >= 11 is 0. The van der Waals surface area contributed by atoms with Gasteiger partial charge in [-0.05, 0) is 50.4 Å². The minimum atomic E-state index is -0.0498. The maximum absolute atomic E-state index is 9.62. The highest BCUT2D eigenvalue weighted by Gasteiger charge is 2.41. The normalized spacial score (nSPS) is 48.7. The molecule has 0 saturated heterocycles. The summed E-state index contributed by atoms with van der Waals surface area (Å²) in [5, 5.41) is 13.4. The molecule has 0 aromatic rings. The van der Waals surface area contributed by atoms with E-state index in [4.69, 9.17) is 0 Å². The van der Waals surface area contributed by atoms with E-state index in [9.17, 15) is 5.11 Å². The van der Waals surface area contributed by atoms with Crippen molar-refractivity contribution in [3.8, 4) is 0 Å². The van der Waals surface area contributed by atoms with Crippen LogP contribution in [0.1, 0.15) is 38.5 Å². The zero-order valence-electron chi connectivity index (χ0n) is 9.23. The molecule has 3 aliphatic rings. The van der Waals surface area contributed by atoms with E-state index >= 15 is 0 Å². The number of rotatable bonds is 2. The van der Waals surface area contributed by atoms with Gasteiger partial charge in [0.05, 0.1) is 6.10 Å². The number of hydrogen-bond acceptors (Lipinski definition) is 2. The second kappa shape index (κ2) is 3.91. The Morgan fingerprint density at radius 3 is 2.93 bits per heavy atom. The molecular weight excluding hydrogens is 186 g/mol. The van der Waals surface area contributed by atoms with Crippen molar-refractivity contribution in [1.29, 1.82) is 0 Å². The van der Waals surface area contributed by atoms with Gasteiger partial charge < -0.3 is 10.4 Å². The second-order valence-corrected chi connectivity index (χ2v) is 5.53. The lowest BCUT2D eigenvalue weighted by Crippen LogP contribution is -2.53. The minimum absolute atomic E-state index is 0.0498. The molecule has 0 aliphatic heterocycles. The Labute approximate surface area is 91.8 Å². The lowest BCUT2D eigenvalue weighted by molar-refractivity contribution is 0.0856. The number of aliphatic hydroxyl groups excluding tert-OH is 1. The Morgan fingerprint density at radius 2 is 2.13 bits per heavy atom. The smallest absolute Gasteiger partial charge is 0.0555 e. The van der Waals surface area contributed by atoms with Gasteiger partial charge in [0.25, 0.3) is 0 Å². The average molecular weight is 207 g/mol. The van der Waals surface area contributed by atoms with Crippen LogP contribution in [0.15, 0.2) is 12.2 Å². The molecule has 0 aromatic carbocycles. The van der Waals surface area contributed by atoms with Crippen LogP contribution in [0.25, 0.3) is 0 Å². The fraction of sp³-hybridized carbons (Fsp3) is 0.846. The van der Waals surface area contributed by atoms with E-state index in [0.717, 1.165) is 24.7 Å². The number of allylic oxidation sites excluding steroid dienone is 1. The Kier molecular flexibility index (Phi) is 2.57. The molecule has 2 heteroatoms. The number of hydrogen-bond donors (Lipinski definition) is 2. The predicted octanol–water partition coefficient (Wildman–Crippen LogP) is 1.84. The molecule has 0 radical (unpaired) electrons. The summed E-state index contributed by atoms with van der Waals surface area (Å²) in [4.78, 5) is 0. The lowest BCUT2D eigenvalue weighted by atomic mass is 9.70. The van der Waals surface area contributed by atoms with E-state index in [1.54, 1.807) is 0 Å². The molecule has 3 rings (SSSR count). The van der Waals surface area contributed by atoms with Crippen LogP contribution in [0.5, 0.6) is 0 Å². The van der Waals surface area contributed by atoms with Gasteiger partial charge in [0.15, 0.2) is 0 Å². The third-order valence-corrected chi connectivity index (χ3v) is 4.46. The maximum atomic E-state index is 9.62. The highest BCUT2D eigenvalue weighted by molar-refractivity contribution is 5.13. The minimum Gasteiger partial charge on any atom is -0.393 e. The highest BCUT2D eigenvalue weighted by Crippen LogP contribution is 2.43. The summed E-state index contributed by atoms with van der Waals surface area (Å²) in [5.74, 6) is 1.75. The molecule has 0 amide bonds. The first-order chi connectivity index (χ1) is 7.33. The summed E-state index contributed by atoms with van der Waals surface area (Å²) < 4.78 is 0. The predicted molar refractivity (Wildman–Crippen MR) is 60.5 cm³/mol. The van der Waals surface area contributed by atoms with Crippen LogP contribution in [0.4, 0.5) is 0 Å². The largest absolute Gasteiger partial charge is 0.393 e. The standard InChI is InChI=1S/C13H21NO/c15-11-5-2-4-10(8-11)14-13-7-9-3-1-6-12(9)13/h1,6,9-15H,2-5,7-8H2. The number of nitrogens with one attached hydrogen (secondary N) is 1. The van der Waals surface area contributed by atoms with Crippen molar-refractivity contribution in [3.63, 3.8) is 0 Å². The molecule has 2 saturated carbocycles. The van der Waals surface area contributed by atoms with Crippen LogP contribution in [0, 0.1) is 11.8 Å². The van der Waals surface area contributed by atoms with E-state index in [-0.39, 0.29) is 6.10 Å². The molecule has 2 N–H and O–H groups in total. The molecule has 5 unspecified atom stereocenters. The molecule has 0 aromatic heterocycles. The Bertz CT molecular complexity index is 263. The Morgan fingerprint density at radius 1 is 1.20 bits per heavy atom. The van der Waals surface area contributed by atoms with Gasteiger partial charge in [-0.15, -0.1) is 0 Å². The molecular formula is C13H21NO. The molecule has 3 aliphatic carbocycles. The zero-order valence-corrected chi connectivity index (χ0v) is 9.23. The fourth-order valence-electron chi connectivity index (χ4n) is 3.53. The topological polar surface area (TPSA) is 32.3 Å². The molecule has 0 spiro atoms. The summed E-state index contributed by atoms with van der Waals surface area (Å²) in [6, 6.07) is 1.29. The van der Waals surface area contributed by atoms with Gasteiger partial charge in [0.1, 0.15) is 0 Å². The van der Waals surface area contributed by atoms with Crippen LogP contribution in [-0.2, 0) is 0 Å². The first-order valence-electron chi connectivity index (χ1n) is 6.43. The monoisotopic (exact) mass is 207 g/mol.